The van der Waals surface area contributed by atoms with Crippen molar-refractivity contribution in [2.24, 2.45) is 0 Å². The zero-order valence-corrected chi connectivity index (χ0v) is 24.0. The lowest BCUT2D eigenvalue weighted by molar-refractivity contribution is -0.140. The topological polar surface area (TPSA) is 96.0 Å². The van der Waals surface area contributed by atoms with Crippen LogP contribution < -0.4 is 14.4 Å². The molecule has 0 saturated carbocycles. The van der Waals surface area contributed by atoms with Crippen molar-refractivity contribution >= 4 is 27.5 Å². The highest BCUT2D eigenvalue weighted by Crippen LogP contribution is 2.26. The standard InChI is InChI=1S/C30H36FN3O5S/c1-5-22(3)32-30(36)28(6-2)33(20-23-10-8-7-9-11-23)29(35)21-34(25-14-12-24(31)13-15-25)40(37,38)27-18-16-26(39-4)17-19-27/h7-19,22,28H,5-6,20-21H2,1-4H3,(H,32,36)/t22-,28-/m1/s1. The van der Waals surface area contributed by atoms with Crippen LogP contribution in [0.4, 0.5) is 10.1 Å². The normalized spacial score (nSPS) is 12.7. The third kappa shape index (κ3) is 7.59. The second-order valence-electron chi connectivity index (χ2n) is 9.41. The van der Waals surface area contributed by atoms with Crippen molar-refractivity contribution in [1.29, 1.82) is 0 Å². The summed E-state index contributed by atoms with van der Waals surface area (Å²) in [6.07, 6.45) is 1.04. The van der Waals surface area contributed by atoms with Crippen molar-refractivity contribution in [3.05, 3.63) is 90.2 Å². The first-order chi connectivity index (χ1) is 19.1. The first-order valence-electron chi connectivity index (χ1n) is 13.2. The molecule has 3 aromatic carbocycles. The van der Waals surface area contributed by atoms with Crippen LogP contribution >= 0.6 is 0 Å². The third-order valence-electron chi connectivity index (χ3n) is 6.62. The number of hydrogen-bond donors (Lipinski definition) is 1. The summed E-state index contributed by atoms with van der Waals surface area (Å²) in [5.74, 6) is -0.963. The van der Waals surface area contributed by atoms with Crippen molar-refractivity contribution in [2.75, 3.05) is 18.0 Å². The molecule has 0 saturated heterocycles. The van der Waals surface area contributed by atoms with Crippen LogP contribution in [-0.4, -0.2) is 50.9 Å². The number of nitrogens with one attached hydrogen (secondary N) is 1. The summed E-state index contributed by atoms with van der Waals surface area (Å²) in [5.41, 5.74) is 0.902. The number of hydrogen-bond acceptors (Lipinski definition) is 5. The van der Waals surface area contributed by atoms with E-state index in [0.29, 0.717) is 18.6 Å². The van der Waals surface area contributed by atoms with E-state index in [2.05, 4.69) is 5.32 Å². The van der Waals surface area contributed by atoms with E-state index in [9.17, 15) is 22.4 Å². The number of carbonyl (C=O) groups is 2. The predicted molar refractivity (Wildman–Crippen MR) is 153 cm³/mol. The van der Waals surface area contributed by atoms with Crippen molar-refractivity contribution in [3.8, 4) is 5.75 Å². The number of ether oxygens (including phenoxy) is 1. The van der Waals surface area contributed by atoms with E-state index in [0.717, 1.165) is 22.0 Å². The predicted octanol–water partition coefficient (Wildman–Crippen LogP) is 4.75. The molecule has 0 radical (unpaired) electrons. The molecule has 2 atom stereocenters. The fourth-order valence-corrected chi connectivity index (χ4v) is 5.57. The Hall–Kier alpha value is -3.92. The molecule has 0 unspecified atom stereocenters. The first-order valence-corrected chi connectivity index (χ1v) is 14.6. The van der Waals surface area contributed by atoms with Crippen LogP contribution in [0.5, 0.6) is 5.75 Å². The van der Waals surface area contributed by atoms with Crippen LogP contribution in [0.3, 0.4) is 0 Å². The van der Waals surface area contributed by atoms with Gasteiger partial charge in [0.25, 0.3) is 10.0 Å². The maximum Gasteiger partial charge on any atom is 0.264 e. The Morgan fingerprint density at radius 1 is 0.925 bits per heavy atom. The molecule has 0 bridgehead atoms. The Balaban J connectivity index is 2.04. The summed E-state index contributed by atoms with van der Waals surface area (Å²) in [7, 11) is -2.79. The molecule has 0 aliphatic carbocycles. The fraction of sp³-hybridized carbons (Fsp3) is 0.333. The summed E-state index contributed by atoms with van der Waals surface area (Å²) in [4.78, 5) is 28.6. The second-order valence-corrected chi connectivity index (χ2v) is 11.3. The average molecular weight is 570 g/mol. The van der Waals surface area contributed by atoms with Crippen molar-refractivity contribution in [1.82, 2.24) is 10.2 Å². The Labute approximate surface area is 235 Å². The number of methoxy groups -OCH3 is 1. The molecule has 0 spiro atoms. The number of sulfonamides is 1. The highest BCUT2D eigenvalue weighted by molar-refractivity contribution is 7.92. The monoisotopic (exact) mass is 569 g/mol. The van der Waals surface area contributed by atoms with Crippen LogP contribution in [0.1, 0.15) is 39.2 Å². The number of anilines is 1. The molecule has 0 aliphatic rings. The minimum atomic E-state index is -4.26. The van der Waals surface area contributed by atoms with Gasteiger partial charge in [-0.3, -0.25) is 13.9 Å². The minimum absolute atomic E-state index is 0.0680. The average Bonchev–Trinajstić information content (AvgIpc) is 2.96. The SMILES string of the molecule is CC[C@@H](C)NC(=O)[C@@H](CC)N(Cc1ccccc1)C(=O)CN(c1ccc(F)cc1)S(=O)(=O)c1ccc(OC)cc1. The van der Waals surface area contributed by atoms with Crippen LogP contribution in [0, 0.1) is 5.82 Å². The summed E-state index contributed by atoms with van der Waals surface area (Å²) < 4.78 is 47.5. The van der Waals surface area contributed by atoms with E-state index >= 15 is 0 Å². The minimum Gasteiger partial charge on any atom is -0.497 e. The maximum absolute atomic E-state index is 14.0. The molecule has 2 amide bonds. The van der Waals surface area contributed by atoms with E-state index in [-0.39, 0.29) is 29.1 Å². The van der Waals surface area contributed by atoms with Crippen LogP contribution in [0.15, 0.2) is 83.8 Å². The lowest BCUT2D eigenvalue weighted by atomic mass is 10.1. The van der Waals surface area contributed by atoms with Gasteiger partial charge in [0.1, 0.15) is 24.2 Å². The molecule has 0 aliphatic heterocycles. The van der Waals surface area contributed by atoms with Gasteiger partial charge in [-0.05, 0) is 73.9 Å². The second kappa shape index (κ2) is 13.9. The van der Waals surface area contributed by atoms with Gasteiger partial charge in [0, 0.05) is 12.6 Å². The number of halogens is 1. The highest BCUT2D eigenvalue weighted by atomic mass is 32.2. The van der Waals surface area contributed by atoms with Gasteiger partial charge in [-0.25, -0.2) is 12.8 Å². The molecule has 214 valence electrons. The molecular formula is C30H36FN3O5S. The molecule has 3 aromatic rings. The molecule has 1 N–H and O–H groups in total. The van der Waals surface area contributed by atoms with Gasteiger partial charge >= 0.3 is 0 Å². The molecule has 0 heterocycles. The molecule has 3 rings (SSSR count). The number of nitrogens with zero attached hydrogens (tertiary/aromatic N) is 2. The van der Waals surface area contributed by atoms with Crippen LogP contribution in [0.2, 0.25) is 0 Å². The largest absolute Gasteiger partial charge is 0.497 e. The van der Waals surface area contributed by atoms with Gasteiger partial charge < -0.3 is 15.0 Å². The molecule has 0 aromatic heterocycles. The fourth-order valence-electron chi connectivity index (χ4n) is 4.15. The quantitative estimate of drug-likeness (QED) is 0.321. The number of amides is 2. The number of rotatable bonds is 13. The van der Waals surface area contributed by atoms with Crippen molar-refractivity contribution in [2.45, 2.75) is 57.1 Å². The Morgan fingerprint density at radius 3 is 2.10 bits per heavy atom. The smallest absolute Gasteiger partial charge is 0.264 e. The number of carbonyl (C=O) groups excluding carboxylic acids is 2. The summed E-state index contributed by atoms with van der Waals surface area (Å²) in [6.45, 7) is 5.14. The molecular weight excluding hydrogens is 533 g/mol. The van der Waals surface area contributed by atoms with Gasteiger partial charge in [-0.2, -0.15) is 0 Å². The van der Waals surface area contributed by atoms with Gasteiger partial charge in [0.05, 0.1) is 17.7 Å². The Kier molecular flexibility index (Phi) is 10.7. The molecule has 8 nitrogen and oxygen atoms in total. The van der Waals surface area contributed by atoms with E-state index < -0.39 is 34.3 Å². The Bertz CT molecular complexity index is 1370. The van der Waals surface area contributed by atoms with Crippen molar-refractivity contribution in [3.63, 3.8) is 0 Å². The summed E-state index contributed by atoms with van der Waals surface area (Å²) in [6, 6.07) is 18.9. The van der Waals surface area contributed by atoms with Crippen LogP contribution in [0.25, 0.3) is 0 Å². The van der Waals surface area contributed by atoms with Crippen molar-refractivity contribution < 1.29 is 27.1 Å². The number of benzene rings is 3. The lowest BCUT2D eigenvalue weighted by Crippen LogP contribution is -2.53. The van der Waals surface area contributed by atoms with Crippen LogP contribution in [-0.2, 0) is 26.2 Å². The zero-order chi connectivity index (χ0) is 29.3. The zero-order valence-electron chi connectivity index (χ0n) is 23.2. The van der Waals surface area contributed by atoms with E-state index in [1.165, 1.54) is 48.4 Å². The highest BCUT2D eigenvalue weighted by Gasteiger charge is 2.34. The molecule has 0 fully saturated rings. The Morgan fingerprint density at radius 2 is 1.55 bits per heavy atom. The van der Waals surface area contributed by atoms with Gasteiger partial charge in [0.2, 0.25) is 11.8 Å². The van der Waals surface area contributed by atoms with E-state index in [1.54, 1.807) is 6.92 Å². The molecule has 40 heavy (non-hydrogen) atoms. The van der Waals surface area contributed by atoms with Gasteiger partial charge in [0.15, 0.2) is 0 Å². The maximum atomic E-state index is 14.0. The summed E-state index contributed by atoms with van der Waals surface area (Å²) in [5, 5.41) is 2.94. The van der Waals surface area contributed by atoms with E-state index in [1.807, 2.05) is 44.2 Å². The summed E-state index contributed by atoms with van der Waals surface area (Å²) >= 11 is 0. The third-order valence-corrected chi connectivity index (χ3v) is 8.41. The first kappa shape index (κ1) is 30.6. The van der Waals surface area contributed by atoms with E-state index in [4.69, 9.17) is 4.74 Å². The molecule has 10 heteroatoms. The lowest BCUT2D eigenvalue weighted by Gasteiger charge is -2.33. The van der Waals surface area contributed by atoms with Gasteiger partial charge in [-0.15, -0.1) is 0 Å². The van der Waals surface area contributed by atoms with Gasteiger partial charge in [-0.1, -0.05) is 44.2 Å².